The largest absolute Gasteiger partial charge is 0.393 e. The molecule has 126 valence electrons. The fraction of sp³-hybridized carbons (Fsp3) is 0.556. The lowest BCUT2D eigenvalue weighted by Gasteiger charge is -2.22. The molecule has 2 atom stereocenters. The molecule has 1 aliphatic carbocycles. The van der Waals surface area contributed by atoms with Crippen LogP contribution < -0.4 is 5.32 Å². The standard InChI is InChI=1S/C18H26N2O3/c1-20(13-15-10-5-11-16(15)21)18(23)17(22)19-12-6-9-14-7-3-2-4-8-14/h2-4,7-8,15-16,21H,5-6,9-13H2,1H3,(H,19,22). The molecular weight excluding hydrogens is 292 g/mol. The fourth-order valence-electron chi connectivity index (χ4n) is 3.05. The van der Waals surface area contributed by atoms with Crippen molar-refractivity contribution in [1.29, 1.82) is 0 Å². The van der Waals surface area contributed by atoms with E-state index >= 15 is 0 Å². The Bertz CT molecular complexity index is 518. The number of aliphatic hydroxyl groups is 1. The Balaban J connectivity index is 1.67. The predicted molar refractivity (Wildman–Crippen MR) is 88.8 cm³/mol. The van der Waals surface area contributed by atoms with E-state index in [0.29, 0.717) is 13.1 Å². The fourth-order valence-corrected chi connectivity index (χ4v) is 3.05. The Morgan fingerprint density at radius 3 is 2.65 bits per heavy atom. The first kappa shape index (κ1) is 17.5. The average Bonchev–Trinajstić information content (AvgIpc) is 2.96. The van der Waals surface area contributed by atoms with Crippen molar-refractivity contribution in [2.45, 2.75) is 38.2 Å². The lowest BCUT2D eigenvalue weighted by Crippen LogP contribution is -2.44. The molecule has 1 fully saturated rings. The van der Waals surface area contributed by atoms with Gasteiger partial charge < -0.3 is 15.3 Å². The second kappa shape index (κ2) is 8.67. The van der Waals surface area contributed by atoms with Gasteiger partial charge in [0, 0.05) is 26.1 Å². The van der Waals surface area contributed by atoms with Gasteiger partial charge in [-0.25, -0.2) is 0 Å². The zero-order chi connectivity index (χ0) is 16.7. The minimum atomic E-state index is -0.562. The van der Waals surface area contributed by atoms with Crippen LogP contribution in [-0.4, -0.2) is 48.1 Å². The van der Waals surface area contributed by atoms with Gasteiger partial charge in [0.1, 0.15) is 0 Å². The third-order valence-corrected chi connectivity index (χ3v) is 4.44. The van der Waals surface area contributed by atoms with Gasteiger partial charge in [-0.1, -0.05) is 36.8 Å². The van der Waals surface area contributed by atoms with Crippen LogP contribution >= 0.6 is 0 Å². The SMILES string of the molecule is CN(CC1CCCC1O)C(=O)C(=O)NCCCc1ccccc1. The highest BCUT2D eigenvalue weighted by Crippen LogP contribution is 2.25. The first-order valence-corrected chi connectivity index (χ1v) is 8.33. The number of carbonyl (C=O) groups excluding carboxylic acids is 2. The predicted octanol–water partition coefficient (Wildman–Crippen LogP) is 1.35. The second-order valence-electron chi connectivity index (χ2n) is 6.29. The number of likely N-dealkylation sites (N-methyl/N-ethyl adjacent to an activating group) is 1. The van der Waals surface area contributed by atoms with Crippen molar-refractivity contribution in [3.63, 3.8) is 0 Å². The number of carbonyl (C=O) groups is 2. The van der Waals surface area contributed by atoms with Crippen molar-refractivity contribution in [3.8, 4) is 0 Å². The van der Waals surface area contributed by atoms with Gasteiger partial charge in [-0.05, 0) is 31.2 Å². The number of rotatable bonds is 6. The van der Waals surface area contributed by atoms with E-state index in [1.807, 2.05) is 30.3 Å². The molecule has 1 aromatic rings. The molecule has 5 heteroatoms. The quantitative estimate of drug-likeness (QED) is 0.614. The molecule has 0 aliphatic heterocycles. The highest BCUT2D eigenvalue weighted by molar-refractivity contribution is 6.34. The van der Waals surface area contributed by atoms with E-state index in [-0.39, 0.29) is 12.0 Å². The maximum Gasteiger partial charge on any atom is 0.311 e. The van der Waals surface area contributed by atoms with Crippen LogP contribution in [0.25, 0.3) is 0 Å². The van der Waals surface area contributed by atoms with Crippen LogP contribution in [0, 0.1) is 5.92 Å². The molecule has 2 rings (SSSR count). The number of nitrogens with one attached hydrogen (secondary N) is 1. The van der Waals surface area contributed by atoms with E-state index in [4.69, 9.17) is 0 Å². The summed E-state index contributed by atoms with van der Waals surface area (Å²) in [4.78, 5) is 25.3. The second-order valence-corrected chi connectivity index (χ2v) is 6.29. The lowest BCUT2D eigenvalue weighted by molar-refractivity contribution is -0.145. The summed E-state index contributed by atoms with van der Waals surface area (Å²) < 4.78 is 0. The minimum Gasteiger partial charge on any atom is -0.393 e. The maximum absolute atomic E-state index is 12.0. The van der Waals surface area contributed by atoms with Gasteiger partial charge in [-0.2, -0.15) is 0 Å². The number of aliphatic hydroxyl groups excluding tert-OH is 1. The lowest BCUT2D eigenvalue weighted by atomic mass is 10.1. The number of amides is 2. The number of hydrogen-bond donors (Lipinski definition) is 2. The summed E-state index contributed by atoms with van der Waals surface area (Å²) in [6, 6.07) is 10.1. The number of hydrogen-bond acceptors (Lipinski definition) is 3. The molecule has 0 saturated heterocycles. The van der Waals surface area contributed by atoms with Crippen LogP contribution in [0.3, 0.4) is 0 Å². The molecule has 0 spiro atoms. The molecule has 1 aliphatic rings. The normalized spacial score (nSPS) is 20.3. The molecule has 0 radical (unpaired) electrons. The van der Waals surface area contributed by atoms with E-state index in [1.165, 1.54) is 10.5 Å². The Morgan fingerprint density at radius 2 is 2.00 bits per heavy atom. The zero-order valence-corrected chi connectivity index (χ0v) is 13.7. The maximum atomic E-state index is 12.0. The van der Waals surface area contributed by atoms with Gasteiger partial charge in [0.25, 0.3) is 0 Å². The molecule has 0 bridgehead atoms. The van der Waals surface area contributed by atoms with Crippen molar-refractivity contribution in [1.82, 2.24) is 10.2 Å². The van der Waals surface area contributed by atoms with Gasteiger partial charge in [-0.15, -0.1) is 0 Å². The molecule has 0 heterocycles. The van der Waals surface area contributed by atoms with Gasteiger partial charge >= 0.3 is 11.8 Å². The molecule has 2 amide bonds. The third-order valence-electron chi connectivity index (χ3n) is 4.44. The van der Waals surface area contributed by atoms with Crippen molar-refractivity contribution >= 4 is 11.8 Å². The molecule has 1 aromatic carbocycles. The summed E-state index contributed by atoms with van der Waals surface area (Å²) in [5, 5.41) is 12.5. The van der Waals surface area contributed by atoms with E-state index in [0.717, 1.165) is 32.1 Å². The number of aryl methyl sites for hydroxylation is 1. The molecule has 2 unspecified atom stereocenters. The molecule has 0 aromatic heterocycles. The summed E-state index contributed by atoms with van der Waals surface area (Å²) in [6.45, 7) is 0.927. The molecule has 1 saturated carbocycles. The van der Waals surface area contributed by atoms with E-state index in [9.17, 15) is 14.7 Å². The number of benzene rings is 1. The average molecular weight is 318 g/mol. The molecule has 2 N–H and O–H groups in total. The Labute approximate surface area is 137 Å². The van der Waals surface area contributed by atoms with Gasteiger partial charge in [-0.3, -0.25) is 9.59 Å². The van der Waals surface area contributed by atoms with Crippen molar-refractivity contribution in [2.75, 3.05) is 20.1 Å². The van der Waals surface area contributed by atoms with Gasteiger partial charge in [0.15, 0.2) is 0 Å². The highest BCUT2D eigenvalue weighted by atomic mass is 16.3. The number of nitrogens with zero attached hydrogens (tertiary/aromatic N) is 1. The zero-order valence-electron chi connectivity index (χ0n) is 13.7. The minimum absolute atomic E-state index is 0.0924. The monoisotopic (exact) mass is 318 g/mol. The van der Waals surface area contributed by atoms with Crippen molar-refractivity contribution < 1.29 is 14.7 Å². The smallest absolute Gasteiger partial charge is 0.311 e. The Kier molecular flexibility index (Phi) is 6.59. The summed E-state index contributed by atoms with van der Waals surface area (Å²) in [7, 11) is 1.62. The van der Waals surface area contributed by atoms with Crippen LogP contribution in [0.5, 0.6) is 0 Å². The molecular formula is C18H26N2O3. The third kappa shape index (κ3) is 5.36. The van der Waals surface area contributed by atoms with E-state index in [2.05, 4.69) is 5.32 Å². The summed E-state index contributed by atoms with van der Waals surface area (Å²) in [5.74, 6) is -0.994. The summed E-state index contributed by atoms with van der Waals surface area (Å²) in [6.07, 6.45) is 4.02. The highest BCUT2D eigenvalue weighted by Gasteiger charge is 2.29. The van der Waals surface area contributed by atoms with E-state index in [1.54, 1.807) is 7.05 Å². The summed E-state index contributed by atoms with van der Waals surface area (Å²) >= 11 is 0. The summed E-state index contributed by atoms with van der Waals surface area (Å²) in [5.41, 5.74) is 1.22. The van der Waals surface area contributed by atoms with Crippen LogP contribution in [-0.2, 0) is 16.0 Å². The van der Waals surface area contributed by atoms with Crippen molar-refractivity contribution in [2.24, 2.45) is 5.92 Å². The van der Waals surface area contributed by atoms with Crippen molar-refractivity contribution in [3.05, 3.63) is 35.9 Å². The molecule has 23 heavy (non-hydrogen) atoms. The van der Waals surface area contributed by atoms with Gasteiger partial charge in [0.05, 0.1) is 6.10 Å². The van der Waals surface area contributed by atoms with Crippen LogP contribution in [0.2, 0.25) is 0 Å². The van der Waals surface area contributed by atoms with Crippen LogP contribution in [0.4, 0.5) is 0 Å². The van der Waals surface area contributed by atoms with Crippen LogP contribution in [0.15, 0.2) is 30.3 Å². The van der Waals surface area contributed by atoms with E-state index < -0.39 is 11.8 Å². The topological polar surface area (TPSA) is 69.6 Å². The Hall–Kier alpha value is -1.88. The van der Waals surface area contributed by atoms with Crippen LogP contribution in [0.1, 0.15) is 31.2 Å². The Morgan fingerprint density at radius 1 is 1.26 bits per heavy atom. The first-order valence-electron chi connectivity index (χ1n) is 8.33. The van der Waals surface area contributed by atoms with Gasteiger partial charge in [0.2, 0.25) is 0 Å². The first-order chi connectivity index (χ1) is 11.1. The molecule has 5 nitrogen and oxygen atoms in total.